The highest BCUT2D eigenvalue weighted by molar-refractivity contribution is 9.10. The molecule has 0 aliphatic carbocycles. The summed E-state index contributed by atoms with van der Waals surface area (Å²) in [6.45, 7) is -0.108. The number of anilines is 1. The first-order valence-electron chi connectivity index (χ1n) is 5.72. The first-order valence-corrected chi connectivity index (χ1v) is 6.51. The maximum absolute atomic E-state index is 13.5. The lowest BCUT2D eigenvalue weighted by molar-refractivity contribution is -0.138. The molecule has 0 bridgehead atoms. The third kappa shape index (κ3) is 3.50. The Labute approximate surface area is 121 Å². The van der Waals surface area contributed by atoms with E-state index in [4.69, 9.17) is 0 Å². The van der Waals surface area contributed by atoms with Crippen LogP contribution in [0.5, 0.6) is 0 Å². The summed E-state index contributed by atoms with van der Waals surface area (Å²) < 4.78 is 52.6. The van der Waals surface area contributed by atoms with Crippen LogP contribution in [0.25, 0.3) is 0 Å². The Morgan fingerprint density at radius 3 is 2.45 bits per heavy atom. The summed E-state index contributed by atoms with van der Waals surface area (Å²) in [6, 6.07) is 9.45. The van der Waals surface area contributed by atoms with Gasteiger partial charge in [-0.05, 0) is 29.8 Å². The van der Waals surface area contributed by atoms with Crippen LogP contribution >= 0.6 is 15.9 Å². The van der Waals surface area contributed by atoms with Crippen LogP contribution < -0.4 is 5.32 Å². The number of halogens is 5. The second-order valence-corrected chi connectivity index (χ2v) is 5.05. The lowest BCUT2D eigenvalue weighted by Crippen LogP contribution is -2.12. The second-order valence-electron chi connectivity index (χ2n) is 4.13. The minimum absolute atomic E-state index is 0.0689. The smallest absolute Gasteiger partial charge is 0.379 e. The highest BCUT2D eigenvalue weighted by Crippen LogP contribution is 2.32. The van der Waals surface area contributed by atoms with E-state index in [9.17, 15) is 17.6 Å². The first-order chi connectivity index (χ1) is 9.38. The zero-order valence-corrected chi connectivity index (χ0v) is 11.7. The monoisotopic (exact) mass is 347 g/mol. The molecule has 6 heteroatoms. The van der Waals surface area contributed by atoms with Crippen molar-refractivity contribution < 1.29 is 17.6 Å². The van der Waals surface area contributed by atoms with E-state index < -0.39 is 17.6 Å². The Morgan fingerprint density at radius 2 is 1.75 bits per heavy atom. The Balaban J connectivity index is 2.21. The largest absolute Gasteiger partial charge is 0.416 e. The van der Waals surface area contributed by atoms with Gasteiger partial charge in [-0.2, -0.15) is 13.2 Å². The molecule has 2 aromatic carbocycles. The highest BCUT2D eigenvalue weighted by atomic mass is 79.9. The number of rotatable bonds is 3. The fourth-order valence-corrected chi connectivity index (χ4v) is 2.14. The number of hydrogen-bond donors (Lipinski definition) is 1. The molecule has 0 unspecified atom stereocenters. The Kier molecular flexibility index (Phi) is 4.32. The van der Waals surface area contributed by atoms with Crippen molar-refractivity contribution in [1.29, 1.82) is 0 Å². The molecule has 0 amide bonds. The molecule has 20 heavy (non-hydrogen) atoms. The predicted molar refractivity (Wildman–Crippen MR) is 72.9 cm³/mol. The van der Waals surface area contributed by atoms with Gasteiger partial charge >= 0.3 is 6.18 Å². The summed E-state index contributed by atoms with van der Waals surface area (Å²) in [6.07, 6.45) is -4.42. The Morgan fingerprint density at radius 1 is 1.05 bits per heavy atom. The average Bonchev–Trinajstić information content (AvgIpc) is 2.39. The standard InChI is InChI=1S/C14H10BrF4N/c15-10-5-6-12(16)13(7-10)20-8-9-3-1-2-4-11(9)14(17,18)19/h1-7,20H,8H2. The maximum Gasteiger partial charge on any atom is 0.416 e. The van der Waals surface area contributed by atoms with Crippen molar-refractivity contribution in [3.8, 4) is 0 Å². The van der Waals surface area contributed by atoms with Gasteiger partial charge in [-0.15, -0.1) is 0 Å². The molecule has 0 spiro atoms. The van der Waals surface area contributed by atoms with Crippen molar-refractivity contribution in [3.05, 3.63) is 63.9 Å². The van der Waals surface area contributed by atoms with Crippen molar-refractivity contribution in [3.63, 3.8) is 0 Å². The second kappa shape index (κ2) is 5.83. The van der Waals surface area contributed by atoms with Gasteiger partial charge in [0.1, 0.15) is 5.82 Å². The normalized spacial score (nSPS) is 11.4. The van der Waals surface area contributed by atoms with Crippen molar-refractivity contribution in [1.82, 2.24) is 0 Å². The van der Waals surface area contributed by atoms with Crippen LogP contribution in [0.15, 0.2) is 46.9 Å². The summed E-state index contributed by atoms with van der Waals surface area (Å²) in [5.74, 6) is -0.516. The van der Waals surface area contributed by atoms with Gasteiger partial charge in [0.25, 0.3) is 0 Å². The predicted octanol–water partition coefficient (Wildman–Crippen LogP) is 5.22. The van der Waals surface area contributed by atoms with Gasteiger partial charge < -0.3 is 5.32 Å². The van der Waals surface area contributed by atoms with Gasteiger partial charge in [-0.1, -0.05) is 34.1 Å². The van der Waals surface area contributed by atoms with E-state index in [1.165, 1.54) is 36.4 Å². The van der Waals surface area contributed by atoms with E-state index >= 15 is 0 Å². The molecular formula is C14H10BrF4N. The molecule has 1 nitrogen and oxygen atoms in total. The molecule has 0 radical (unpaired) electrons. The van der Waals surface area contributed by atoms with E-state index in [1.807, 2.05) is 0 Å². The van der Waals surface area contributed by atoms with Crippen LogP contribution in [0.4, 0.5) is 23.2 Å². The number of alkyl halides is 3. The van der Waals surface area contributed by atoms with Crippen LogP contribution in [0.3, 0.4) is 0 Å². The van der Waals surface area contributed by atoms with E-state index in [2.05, 4.69) is 21.2 Å². The molecule has 0 aromatic heterocycles. The topological polar surface area (TPSA) is 12.0 Å². The van der Waals surface area contributed by atoms with E-state index in [0.29, 0.717) is 4.47 Å². The number of hydrogen-bond acceptors (Lipinski definition) is 1. The summed E-state index contributed by atoms with van der Waals surface area (Å²) >= 11 is 3.18. The lowest BCUT2D eigenvalue weighted by atomic mass is 10.1. The molecule has 106 valence electrons. The Bertz CT molecular complexity index is 610. The minimum Gasteiger partial charge on any atom is -0.379 e. The molecule has 2 rings (SSSR count). The average molecular weight is 348 g/mol. The SMILES string of the molecule is Fc1ccc(Br)cc1NCc1ccccc1C(F)(F)F. The molecule has 1 N–H and O–H groups in total. The van der Waals surface area contributed by atoms with Gasteiger partial charge in [0.2, 0.25) is 0 Å². The zero-order valence-electron chi connectivity index (χ0n) is 10.1. The summed E-state index contributed by atoms with van der Waals surface area (Å²) in [4.78, 5) is 0. The third-order valence-corrected chi connectivity index (χ3v) is 3.21. The quantitative estimate of drug-likeness (QED) is 0.750. The van der Waals surface area contributed by atoms with Crippen molar-refractivity contribution in [2.24, 2.45) is 0 Å². The van der Waals surface area contributed by atoms with Gasteiger partial charge in [0.05, 0.1) is 11.3 Å². The Hall–Kier alpha value is -1.56. The fraction of sp³-hybridized carbons (Fsp3) is 0.143. The number of nitrogens with one attached hydrogen (secondary N) is 1. The molecule has 2 aromatic rings. The third-order valence-electron chi connectivity index (χ3n) is 2.72. The summed E-state index contributed by atoms with van der Waals surface area (Å²) in [7, 11) is 0. The fourth-order valence-electron chi connectivity index (χ4n) is 1.77. The molecular weight excluding hydrogens is 338 g/mol. The van der Waals surface area contributed by atoms with Gasteiger partial charge in [0, 0.05) is 11.0 Å². The van der Waals surface area contributed by atoms with Crippen LogP contribution in [-0.4, -0.2) is 0 Å². The van der Waals surface area contributed by atoms with Crippen LogP contribution in [0.2, 0.25) is 0 Å². The molecule has 0 atom stereocenters. The molecule has 0 saturated carbocycles. The molecule has 0 fully saturated rings. The maximum atomic E-state index is 13.5. The van der Waals surface area contributed by atoms with Gasteiger partial charge in [-0.25, -0.2) is 4.39 Å². The highest BCUT2D eigenvalue weighted by Gasteiger charge is 2.32. The minimum atomic E-state index is -4.42. The number of benzene rings is 2. The zero-order chi connectivity index (χ0) is 14.8. The van der Waals surface area contributed by atoms with E-state index in [0.717, 1.165) is 6.07 Å². The first kappa shape index (κ1) is 14.8. The van der Waals surface area contributed by atoms with Gasteiger partial charge in [-0.3, -0.25) is 0 Å². The summed E-state index contributed by atoms with van der Waals surface area (Å²) in [5, 5.41) is 2.68. The van der Waals surface area contributed by atoms with E-state index in [-0.39, 0.29) is 17.8 Å². The van der Waals surface area contributed by atoms with Crippen LogP contribution in [0, 0.1) is 5.82 Å². The van der Waals surface area contributed by atoms with Crippen LogP contribution in [0.1, 0.15) is 11.1 Å². The van der Waals surface area contributed by atoms with Crippen molar-refractivity contribution >= 4 is 21.6 Å². The van der Waals surface area contributed by atoms with Gasteiger partial charge in [0.15, 0.2) is 0 Å². The van der Waals surface area contributed by atoms with Crippen molar-refractivity contribution in [2.45, 2.75) is 12.7 Å². The summed E-state index contributed by atoms with van der Waals surface area (Å²) in [5.41, 5.74) is -0.501. The molecule has 0 heterocycles. The van der Waals surface area contributed by atoms with E-state index in [1.54, 1.807) is 0 Å². The van der Waals surface area contributed by atoms with Crippen molar-refractivity contribution in [2.75, 3.05) is 5.32 Å². The van der Waals surface area contributed by atoms with Crippen LogP contribution in [-0.2, 0) is 12.7 Å². The molecule has 0 saturated heterocycles. The lowest BCUT2D eigenvalue weighted by Gasteiger charge is -2.14. The molecule has 0 aliphatic heterocycles. The molecule has 0 aliphatic rings.